The first kappa shape index (κ1) is 10.7. The summed E-state index contributed by atoms with van der Waals surface area (Å²) in [5.41, 5.74) is 3.49. The molecule has 0 aliphatic carbocycles. The Morgan fingerprint density at radius 2 is 2.27 bits per heavy atom. The van der Waals surface area contributed by atoms with E-state index in [2.05, 4.69) is 5.48 Å². The van der Waals surface area contributed by atoms with E-state index in [4.69, 9.17) is 21.2 Å². The van der Waals surface area contributed by atoms with Gasteiger partial charge < -0.3 is 9.57 Å². The van der Waals surface area contributed by atoms with Crippen molar-refractivity contribution in [3.05, 3.63) is 28.5 Å². The molecule has 1 aliphatic rings. The second-order valence-corrected chi connectivity index (χ2v) is 3.81. The molecule has 2 atom stereocenters. The molecule has 0 bridgehead atoms. The minimum absolute atomic E-state index is 0.0685. The second kappa shape index (κ2) is 3.96. The standard InChI is InChI=1S/C10H11ClFNO2/c1-5-9(13-14-2)6-3-4-7(11)8(12)10(6)15-5/h3-5,9,13H,1-2H3. The molecule has 0 saturated carbocycles. The van der Waals surface area contributed by atoms with Gasteiger partial charge in [-0.15, -0.1) is 0 Å². The van der Waals surface area contributed by atoms with Crippen molar-refractivity contribution < 1.29 is 14.0 Å². The van der Waals surface area contributed by atoms with Crippen molar-refractivity contribution in [3.63, 3.8) is 0 Å². The molecule has 0 saturated heterocycles. The highest BCUT2D eigenvalue weighted by atomic mass is 35.5. The van der Waals surface area contributed by atoms with Crippen LogP contribution in [0.4, 0.5) is 4.39 Å². The Kier molecular flexibility index (Phi) is 2.82. The van der Waals surface area contributed by atoms with E-state index in [1.165, 1.54) is 13.2 Å². The number of hydrogen-bond acceptors (Lipinski definition) is 3. The van der Waals surface area contributed by atoms with Gasteiger partial charge in [0.05, 0.1) is 18.2 Å². The third-order valence-electron chi connectivity index (χ3n) is 2.43. The molecule has 3 nitrogen and oxygen atoms in total. The van der Waals surface area contributed by atoms with Gasteiger partial charge in [0.2, 0.25) is 0 Å². The molecule has 1 aromatic rings. The summed E-state index contributed by atoms with van der Waals surface area (Å²) in [6, 6.07) is 3.08. The predicted octanol–water partition coefficient (Wildman–Crippen LogP) is 2.45. The molecule has 82 valence electrons. The highest BCUT2D eigenvalue weighted by Gasteiger charge is 2.34. The predicted molar refractivity (Wildman–Crippen MR) is 54.4 cm³/mol. The van der Waals surface area contributed by atoms with Crippen LogP contribution in [0.5, 0.6) is 5.75 Å². The van der Waals surface area contributed by atoms with E-state index in [1.54, 1.807) is 6.07 Å². The Labute approximate surface area is 92.1 Å². The van der Waals surface area contributed by atoms with Gasteiger partial charge in [-0.05, 0) is 13.0 Å². The van der Waals surface area contributed by atoms with E-state index in [1.807, 2.05) is 6.92 Å². The van der Waals surface area contributed by atoms with E-state index in [0.717, 1.165) is 5.56 Å². The normalized spacial score (nSPS) is 23.7. The molecule has 1 heterocycles. The molecule has 5 heteroatoms. The molecule has 0 fully saturated rings. The summed E-state index contributed by atoms with van der Waals surface area (Å²) in [6.45, 7) is 1.84. The minimum atomic E-state index is -0.513. The minimum Gasteiger partial charge on any atom is -0.485 e. The number of nitrogens with one attached hydrogen (secondary N) is 1. The maximum absolute atomic E-state index is 13.6. The molecule has 2 unspecified atom stereocenters. The summed E-state index contributed by atoms with van der Waals surface area (Å²) < 4.78 is 18.9. The van der Waals surface area contributed by atoms with Crippen LogP contribution in [0, 0.1) is 5.82 Å². The fourth-order valence-corrected chi connectivity index (χ4v) is 1.85. The number of fused-ring (bicyclic) bond motifs is 1. The van der Waals surface area contributed by atoms with Crippen LogP contribution in [-0.2, 0) is 4.84 Å². The lowest BCUT2D eigenvalue weighted by Gasteiger charge is -2.14. The maximum atomic E-state index is 13.6. The van der Waals surface area contributed by atoms with Crippen molar-refractivity contribution in [3.8, 4) is 5.75 Å². The molecular weight excluding hydrogens is 221 g/mol. The first-order valence-corrected chi connectivity index (χ1v) is 4.96. The Balaban J connectivity index is 2.42. The zero-order valence-corrected chi connectivity index (χ0v) is 9.14. The Morgan fingerprint density at radius 3 is 2.93 bits per heavy atom. The average Bonchev–Trinajstić information content (AvgIpc) is 2.52. The summed E-state index contributed by atoms with van der Waals surface area (Å²) in [6.07, 6.45) is -0.187. The van der Waals surface area contributed by atoms with Gasteiger partial charge in [-0.2, -0.15) is 5.48 Å². The number of hydroxylamine groups is 1. The fourth-order valence-electron chi connectivity index (χ4n) is 1.70. The zero-order chi connectivity index (χ0) is 11.0. The number of rotatable bonds is 2. The van der Waals surface area contributed by atoms with Crippen LogP contribution < -0.4 is 10.2 Å². The maximum Gasteiger partial charge on any atom is 0.183 e. The van der Waals surface area contributed by atoms with Crippen LogP contribution in [0.25, 0.3) is 0 Å². The van der Waals surface area contributed by atoms with Crippen LogP contribution >= 0.6 is 11.6 Å². The lowest BCUT2D eigenvalue weighted by atomic mass is 10.1. The van der Waals surface area contributed by atoms with Crippen LogP contribution in [-0.4, -0.2) is 13.2 Å². The molecule has 0 spiro atoms. The van der Waals surface area contributed by atoms with Gasteiger partial charge in [-0.3, -0.25) is 0 Å². The number of ether oxygens (including phenoxy) is 1. The molecule has 1 N–H and O–H groups in total. The summed E-state index contributed by atoms with van der Waals surface area (Å²) in [5, 5.41) is 0.0685. The highest BCUT2D eigenvalue weighted by Crippen LogP contribution is 2.40. The van der Waals surface area contributed by atoms with Crippen molar-refractivity contribution >= 4 is 11.6 Å². The lowest BCUT2D eigenvalue weighted by molar-refractivity contribution is 0.0336. The third-order valence-corrected chi connectivity index (χ3v) is 2.73. The van der Waals surface area contributed by atoms with Crippen molar-refractivity contribution in [2.75, 3.05) is 7.11 Å². The summed E-state index contributed by atoms with van der Waals surface area (Å²) in [5.74, 6) is -0.300. The highest BCUT2D eigenvalue weighted by molar-refractivity contribution is 6.30. The first-order chi connectivity index (χ1) is 7.15. The van der Waals surface area contributed by atoms with Crippen molar-refractivity contribution in [2.45, 2.75) is 19.1 Å². The Bertz CT molecular complexity index is 386. The summed E-state index contributed by atoms with van der Waals surface area (Å²) >= 11 is 5.66. The van der Waals surface area contributed by atoms with Gasteiger partial charge in [0.25, 0.3) is 0 Å². The molecule has 1 aliphatic heterocycles. The zero-order valence-electron chi connectivity index (χ0n) is 8.38. The van der Waals surface area contributed by atoms with E-state index >= 15 is 0 Å². The first-order valence-electron chi connectivity index (χ1n) is 4.58. The second-order valence-electron chi connectivity index (χ2n) is 3.40. The van der Waals surface area contributed by atoms with Crippen LogP contribution in [0.15, 0.2) is 12.1 Å². The van der Waals surface area contributed by atoms with Gasteiger partial charge in [-0.25, -0.2) is 4.39 Å². The molecular formula is C10H11ClFNO2. The van der Waals surface area contributed by atoms with Gasteiger partial charge in [0.1, 0.15) is 6.10 Å². The van der Waals surface area contributed by atoms with E-state index in [-0.39, 0.29) is 22.9 Å². The van der Waals surface area contributed by atoms with E-state index in [0.29, 0.717) is 0 Å². The van der Waals surface area contributed by atoms with E-state index < -0.39 is 5.82 Å². The van der Waals surface area contributed by atoms with Crippen LogP contribution in [0.2, 0.25) is 5.02 Å². The van der Waals surface area contributed by atoms with Crippen molar-refractivity contribution in [2.24, 2.45) is 0 Å². The molecule has 15 heavy (non-hydrogen) atoms. The number of hydrogen-bond donors (Lipinski definition) is 1. The van der Waals surface area contributed by atoms with Gasteiger partial charge in [-0.1, -0.05) is 17.7 Å². The lowest BCUT2D eigenvalue weighted by Crippen LogP contribution is -2.27. The topological polar surface area (TPSA) is 30.5 Å². The smallest absolute Gasteiger partial charge is 0.183 e. The van der Waals surface area contributed by atoms with Crippen molar-refractivity contribution in [1.82, 2.24) is 5.48 Å². The quantitative estimate of drug-likeness (QED) is 0.794. The third kappa shape index (κ3) is 1.69. The van der Waals surface area contributed by atoms with Crippen LogP contribution in [0.3, 0.4) is 0 Å². The summed E-state index contributed by atoms with van der Waals surface area (Å²) in [7, 11) is 1.51. The fraction of sp³-hybridized carbons (Fsp3) is 0.400. The average molecular weight is 232 g/mol. The Hall–Kier alpha value is -0.840. The van der Waals surface area contributed by atoms with Gasteiger partial charge >= 0.3 is 0 Å². The van der Waals surface area contributed by atoms with Crippen molar-refractivity contribution in [1.29, 1.82) is 0 Å². The Morgan fingerprint density at radius 1 is 1.53 bits per heavy atom. The van der Waals surface area contributed by atoms with Gasteiger partial charge in [0.15, 0.2) is 11.6 Å². The van der Waals surface area contributed by atoms with Gasteiger partial charge in [0, 0.05) is 5.56 Å². The number of benzene rings is 1. The monoisotopic (exact) mass is 231 g/mol. The molecule has 0 amide bonds. The SMILES string of the molecule is CONC1c2ccc(Cl)c(F)c2OC1C. The largest absolute Gasteiger partial charge is 0.485 e. The molecule has 0 radical (unpaired) electrons. The molecule has 2 rings (SSSR count). The van der Waals surface area contributed by atoms with Crippen LogP contribution in [0.1, 0.15) is 18.5 Å². The number of halogens is 2. The molecule has 1 aromatic carbocycles. The van der Waals surface area contributed by atoms with E-state index in [9.17, 15) is 4.39 Å². The molecule has 0 aromatic heterocycles. The summed E-state index contributed by atoms with van der Waals surface area (Å²) in [4.78, 5) is 4.84.